The molecule has 0 aliphatic carbocycles. The Morgan fingerprint density at radius 3 is 2.65 bits per heavy atom. The second kappa shape index (κ2) is 5.78. The lowest BCUT2D eigenvalue weighted by molar-refractivity contribution is 0.0698. The zero-order valence-electron chi connectivity index (χ0n) is 12.2. The monoisotopic (exact) mass is 328 g/mol. The standard InChI is InChI=1S/C17H13ClN2O3/c1-9-5-6-13(11(7-9)17(22)23)20-16(21)14-8-10-3-2-4-12(18)15(10)19-14/h2-8,19H,1H3,(H,20,21)(H,22,23). The van der Waals surface area contributed by atoms with Gasteiger partial charge in [-0.05, 0) is 31.2 Å². The molecule has 0 bridgehead atoms. The number of carboxylic acid groups (broad SMARTS) is 1. The van der Waals surface area contributed by atoms with Crippen LogP contribution in [0.15, 0.2) is 42.5 Å². The molecule has 0 saturated heterocycles. The van der Waals surface area contributed by atoms with Gasteiger partial charge in [0, 0.05) is 5.39 Å². The topological polar surface area (TPSA) is 82.2 Å². The molecule has 2 aromatic carbocycles. The number of aromatic carboxylic acids is 1. The summed E-state index contributed by atoms with van der Waals surface area (Å²) in [6.45, 7) is 1.79. The number of carbonyl (C=O) groups is 2. The predicted molar refractivity (Wildman–Crippen MR) is 89.4 cm³/mol. The number of nitrogens with one attached hydrogen (secondary N) is 2. The van der Waals surface area contributed by atoms with E-state index in [1.165, 1.54) is 6.07 Å². The fourth-order valence-corrected chi connectivity index (χ4v) is 2.60. The summed E-state index contributed by atoms with van der Waals surface area (Å²) in [6.07, 6.45) is 0. The number of hydrogen-bond acceptors (Lipinski definition) is 2. The van der Waals surface area contributed by atoms with Gasteiger partial charge in [0.2, 0.25) is 0 Å². The van der Waals surface area contributed by atoms with E-state index in [0.29, 0.717) is 16.2 Å². The molecule has 0 fully saturated rings. The maximum atomic E-state index is 12.4. The number of H-pyrrole nitrogens is 1. The maximum Gasteiger partial charge on any atom is 0.337 e. The summed E-state index contributed by atoms with van der Waals surface area (Å²) in [4.78, 5) is 26.6. The number of rotatable bonds is 3. The highest BCUT2D eigenvalue weighted by Crippen LogP contribution is 2.24. The minimum absolute atomic E-state index is 0.0486. The average Bonchev–Trinajstić information content (AvgIpc) is 2.94. The van der Waals surface area contributed by atoms with E-state index >= 15 is 0 Å². The zero-order chi connectivity index (χ0) is 16.6. The molecule has 0 atom stereocenters. The van der Waals surface area contributed by atoms with E-state index in [2.05, 4.69) is 10.3 Å². The van der Waals surface area contributed by atoms with Gasteiger partial charge in [0.05, 0.1) is 21.8 Å². The van der Waals surface area contributed by atoms with E-state index < -0.39 is 11.9 Å². The van der Waals surface area contributed by atoms with Crippen LogP contribution in [0.2, 0.25) is 5.02 Å². The first-order valence-corrected chi connectivity index (χ1v) is 7.26. The van der Waals surface area contributed by atoms with Crippen LogP contribution in [0.4, 0.5) is 5.69 Å². The van der Waals surface area contributed by atoms with Crippen LogP contribution in [0, 0.1) is 6.92 Å². The first-order valence-electron chi connectivity index (χ1n) is 6.88. The Balaban J connectivity index is 1.95. The fourth-order valence-electron chi connectivity index (χ4n) is 2.38. The van der Waals surface area contributed by atoms with Gasteiger partial charge in [-0.2, -0.15) is 0 Å². The number of benzene rings is 2. The molecular weight excluding hydrogens is 316 g/mol. The van der Waals surface area contributed by atoms with Crippen LogP contribution in [0.25, 0.3) is 10.9 Å². The van der Waals surface area contributed by atoms with E-state index in [4.69, 9.17) is 11.6 Å². The van der Waals surface area contributed by atoms with Gasteiger partial charge in [-0.15, -0.1) is 0 Å². The molecule has 1 heterocycles. The number of aryl methyl sites for hydroxylation is 1. The largest absolute Gasteiger partial charge is 0.478 e. The molecule has 0 aliphatic heterocycles. The van der Waals surface area contributed by atoms with Crippen LogP contribution in [-0.2, 0) is 0 Å². The van der Waals surface area contributed by atoms with Gasteiger partial charge < -0.3 is 15.4 Å². The van der Waals surface area contributed by atoms with Crippen LogP contribution in [-0.4, -0.2) is 22.0 Å². The van der Waals surface area contributed by atoms with Gasteiger partial charge in [0.1, 0.15) is 5.69 Å². The van der Waals surface area contributed by atoms with E-state index in [1.54, 1.807) is 37.3 Å². The Bertz CT molecular complexity index is 931. The molecule has 5 nitrogen and oxygen atoms in total. The number of halogens is 1. The number of carboxylic acids is 1. The van der Waals surface area contributed by atoms with Crippen LogP contribution < -0.4 is 5.32 Å². The SMILES string of the molecule is Cc1ccc(NC(=O)c2cc3cccc(Cl)c3[nH]2)c(C(=O)O)c1. The minimum atomic E-state index is -1.09. The number of anilines is 1. The van der Waals surface area contributed by atoms with Gasteiger partial charge in [-0.3, -0.25) is 4.79 Å². The molecule has 3 N–H and O–H groups in total. The molecule has 1 aromatic heterocycles. The number of aromatic amines is 1. The average molecular weight is 329 g/mol. The molecule has 0 radical (unpaired) electrons. The summed E-state index contributed by atoms with van der Waals surface area (Å²) in [7, 11) is 0. The summed E-state index contributed by atoms with van der Waals surface area (Å²) in [5.74, 6) is -1.52. The van der Waals surface area contributed by atoms with Gasteiger partial charge in [0.15, 0.2) is 0 Å². The van der Waals surface area contributed by atoms with Gasteiger partial charge in [-0.1, -0.05) is 35.4 Å². The molecule has 3 rings (SSSR count). The molecule has 0 spiro atoms. The Hall–Kier alpha value is -2.79. The van der Waals surface area contributed by atoms with Crippen molar-refractivity contribution in [2.45, 2.75) is 6.92 Å². The second-order valence-electron chi connectivity index (χ2n) is 5.20. The van der Waals surface area contributed by atoms with E-state index in [-0.39, 0.29) is 11.3 Å². The Morgan fingerprint density at radius 1 is 1.17 bits per heavy atom. The third-order valence-corrected chi connectivity index (χ3v) is 3.82. The lowest BCUT2D eigenvalue weighted by Crippen LogP contribution is -2.15. The molecule has 6 heteroatoms. The zero-order valence-corrected chi connectivity index (χ0v) is 12.9. The molecule has 116 valence electrons. The smallest absolute Gasteiger partial charge is 0.337 e. The highest BCUT2D eigenvalue weighted by atomic mass is 35.5. The maximum absolute atomic E-state index is 12.4. The molecule has 1 amide bonds. The van der Waals surface area contributed by atoms with Crippen molar-refractivity contribution in [3.63, 3.8) is 0 Å². The number of hydrogen-bond donors (Lipinski definition) is 3. The number of para-hydroxylation sites is 1. The Morgan fingerprint density at radius 2 is 1.96 bits per heavy atom. The Kier molecular flexibility index (Phi) is 3.80. The van der Waals surface area contributed by atoms with Crippen LogP contribution in [0.5, 0.6) is 0 Å². The molecule has 0 saturated carbocycles. The first-order chi connectivity index (χ1) is 11.0. The van der Waals surface area contributed by atoms with E-state index in [1.807, 2.05) is 6.07 Å². The van der Waals surface area contributed by atoms with E-state index in [9.17, 15) is 14.7 Å². The lowest BCUT2D eigenvalue weighted by Gasteiger charge is -2.08. The normalized spacial score (nSPS) is 10.7. The highest BCUT2D eigenvalue weighted by molar-refractivity contribution is 6.35. The van der Waals surface area contributed by atoms with Crippen molar-refractivity contribution in [3.8, 4) is 0 Å². The van der Waals surface area contributed by atoms with Crippen LogP contribution in [0.1, 0.15) is 26.4 Å². The van der Waals surface area contributed by atoms with Gasteiger partial charge in [-0.25, -0.2) is 4.79 Å². The second-order valence-corrected chi connectivity index (χ2v) is 5.60. The summed E-state index contributed by atoms with van der Waals surface area (Å²) in [6, 6.07) is 11.9. The predicted octanol–water partition coefficient (Wildman–Crippen LogP) is 4.08. The molecule has 0 unspecified atom stereocenters. The quantitative estimate of drug-likeness (QED) is 0.677. The first kappa shape index (κ1) is 15.1. The molecule has 23 heavy (non-hydrogen) atoms. The molecule has 0 aliphatic rings. The summed E-state index contributed by atoms with van der Waals surface area (Å²) in [5, 5.41) is 13.2. The number of amides is 1. The number of aromatic nitrogens is 1. The van der Waals surface area contributed by atoms with Gasteiger partial charge in [0.25, 0.3) is 5.91 Å². The summed E-state index contributed by atoms with van der Waals surface area (Å²) in [5.41, 5.74) is 2.08. The van der Waals surface area contributed by atoms with E-state index in [0.717, 1.165) is 10.9 Å². The third-order valence-electron chi connectivity index (χ3n) is 3.50. The van der Waals surface area contributed by atoms with Crippen molar-refractivity contribution >= 4 is 40.1 Å². The summed E-state index contributed by atoms with van der Waals surface area (Å²) >= 11 is 6.08. The summed E-state index contributed by atoms with van der Waals surface area (Å²) < 4.78 is 0. The third kappa shape index (κ3) is 2.91. The fraction of sp³-hybridized carbons (Fsp3) is 0.0588. The van der Waals surface area contributed by atoms with Crippen LogP contribution in [0.3, 0.4) is 0 Å². The van der Waals surface area contributed by atoms with Crippen molar-refractivity contribution in [3.05, 3.63) is 64.3 Å². The molecular formula is C17H13ClN2O3. The number of carbonyl (C=O) groups excluding carboxylic acids is 1. The number of fused-ring (bicyclic) bond motifs is 1. The molecule has 3 aromatic rings. The highest BCUT2D eigenvalue weighted by Gasteiger charge is 2.15. The van der Waals surface area contributed by atoms with Crippen molar-refractivity contribution in [2.24, 2.45) is 0 Å². The van der Waals surface area contributed by atoms with Crippen molar-refractivity contribution < 1.29 is 14.7 Å². The van der Waals surface area contributed by atoms with Crippen LogP contribution >= 0.6 is 11.6 Å². The van der Waals surface area contributed by atoms with Crippen molar-refractivity contribution in [1.29, 1.82) is 0 Å². The minimum Gasteiger partial charge on any atom is -0.478 e. The lowest BCUT2D eigenvalue weighted by atomic mass is 10.1. The van der Waals surface area contributed by atoms with Crippen molar-refractivity contribution in [2.75, 3.05) is 5.32 Å². The van der Waals surface area contributed by atoms with Gasteiger partial charge >= 0.3 is 5.97 Å². The Labute approximate surface area is 136 Å². The van der Waals surface area contributed by atoms with Crippen molar-refractivity contribution in [1.82, 2.24) is 4.98 Å².